The van der Waals surface area contributed by atoms with E-state index in [9.17, 15) is 0 Å². The van der Waals surface area contributed by atoms with Crippen LogP contribution in [-0.2, 0) is 6.54 Å². The molecule has 1 atom stereocenters. The van der Waals surface area contributed by atoms with E-state index in [1.165, 1.54) is 0 Å². The van der Waals surface area contributed by atoms with Gasteiger partial charge in [-0.15, -0.1) is 9.24 Å². The van der Waals surface area contributed by atoms with Crippen molar-refractivity contribution in [2.75, 3.05) is 0 Å². The van der Waals surface area contributed by atoms with Crippen molar-refractivity contribution in [3.8, 4) is 11.5 Å². The molecule has 0 aliphatic rings. The van der Waals surface area contributed by atoms with Gasteiger partial charge in [-0.25, -0.2) is 4.98 Å². The van der Waals surface area contributed by atoms with Crippen molar-refractivity contribution >= 4 is 14.5 Å². The average Bonchev–Trinajstić information content (AvgIpc) is 2.65. The fourth-order valence-electron chi connectivity index (χ4n) is 1.45. The highest BCUT2D eigenvalue weighted by atomic mass is 31.0. The van der Waals surface area contributed by atoms with Crippen LogP contribution < -0.4 is 11.0 Å². The number of hydrogen-bond donors (Lipinski definition) is 1. The molecule has 0 fully saturated rings. The van der Waals surface area contributed by atoms with Crippen LogP contribution in [0, 0.1) is 6.92 Å². The van der Waals surface area contributed by atoms with E-state index < -0.39 is 0 Å². The molecule has 0 aliphatic carbocycles. The van der Waals surface area contributed by atoms with E-state index in [0.717, 1.165) is 22.2 Å². The predicted octanol–water partition coefficient (Wildman–Crippen LogP) is 1.61. The van der Waals surface area contributed by atoms with Crippen LogP contribution in [0.2, 0.25) is 0 Å². The Kier molecular flexibility index (Phi) is 2.85. The van der Waals surface area contributed by atoms with Crippen LogP contribution in [-0.4, -0.2) is 4.98 Å². The second-order valence-corrected chi connectivity index (χ2v) is 4.06. The zero-order valence-electron chi connectivity index (χ0n) is 8.53. The van der Waals surface area contributed by atoms with Gasteiger partial charge in [-0.3, -0.25) is 0 Å². The van der Waals surface area contributed by atoms with Gasteiger partial charge in [-0.2, -0.15) is 0 Å². The number of nitrogens with zero attached hydrogens (tertiary/aromatic N) is 1. The molecule has 1 aromatic carbocycles. The van der Waals surface area contributed by atoms with Crippen LogP contribution in [0.3, 0.4) is 0 Å². The normalized spacial score (nSPS) is 10.6. The van der Waals surface area contributed by atoms with Crippen LogP contribution in [0.1, 0.15) is 11.3 Å². The van der Waals surface area contributed by atoms with Crippen molar-refractivity contribution in [2.24, 2.45) is 5.73 Å². The summed E-state index contributed by atoms with van der Waals surface area (Å²) in [6, 6.07) is 6.02. The molecular formula is C11H13N2OP. The Balaban J connectivity index is 2.55. The van der Waals surface area contributed by atoms with Gasteiger partial charge in [-0.05, 0) is 23.9 Å². The first-order valence-corrected chi connectivity index (χ1v) is 5.29. The highest BCUT2D eigenvalue weighted by Gasteiger charge is 2.09. The second-order valence-electron chi connectivity index (χ2n) is 3.40. The summed E-state index contributed by atoms with van der Waals surface area (Å²) in [4.78, 5) is 4.20. The molecule has 0 saturated heterocycles. The van der Waals surface area contributed by atoms with E-state index in [4.69, 9.17) is 10.2 Å². The number of nitrogens with two attached hydrogens (primary N) is 1. The zero-order valence-corrected chi connectivity index (χ0v) is 9.68. The second kappa shape index (κ2) is 4.13. The third kappa shape index (κ3) is 2.09. The van der Waals surface area contributed by atoms with Crippen molar-refractivity contribution in [1.82, 2.24) is 4.98 Å². The molecule has 0 bridgehead atoms. The minimum atomic E-state index is 0.488. The monoisotopic (exact) mass is 220 g/mol. The Labute approximate surface area is 90.9 Å². The van der Waals surface area contributed by atoms with E-state index >= 15 is 0 Å². The number of aryl methyl sites for hydroxylation is 1. The fraction of sp³-hybridized carbons (Fsp3) is 0.182. The van der Waals surface area contributed by atoms with Crippen molar-refractivity contribution in [1.29, 1.82) is 0 Å². The number of oxazole rings is 1. The first-order valence-electron chi connectivity index (χ1n) is 4.72. The molecule has 0 amide bonds. The van der Waals surface area contributed by atoms with Gasteiger partial charge in [0.25, 0.3) is 0 Å². The molecule has 4 heteroatoms. The summed E-state index contributed by atoms with van der Waals surface area (Å²) in [7, 11) is 2.65. The number of hydrogen-bond acceptors (Lipinski definition) is 3. The maximum atomic E-state index is 5.67. The van der Waals surface area contributed by atoms with Gasteiger partial charge in [0, 0.05) is 12.1 Å². The lowest BCUT2D eigenvalue weighted by Gasteiger charge is -2.04. The molecule has 0 aliphatic heterocycles. The van der Waals surface area contributed by atoms with E-state index in [1.807, 2.05) is 25.1 Å². The molecule has 2 rings (SSSR count). The lowest BCUT2D eigenvalue weighted by atomic mass is 10.1. The van der Waals surface area contributed by atoms with E-state index in [1.54, 1.807) is 6.20 Å². The lowest BCUT2D eigenvalue weighted by Crippen LogP contribution is -2.02. The molecule has 0 saturated carbocycles. The highest BCUT2D eigenvalue weighted by Crippen LogP contribution is 2.22. The zero-order chi connectivity index (χ0) is 10.8. The van der Waals surface area contributed by atoms with Gasteiger partial charge in [0.1, 0.15) is 5.76 Å². The average molecular weight is 220 g/mol. The highest BCUT2D eigenvalue weighted by molar-refractivity contribution is 7.27. The van der Waals surface area contributed by atoms with Gasteiger partial charge in [-0.1, -0.05) is 12.1 Å². The predicted molar refractivity (Wildman–Crippen MR) is 63.9 cm³/mol. The van der Waals surface area contributed by atoms with Crippen molar-refractivity contribution < 1.29 is 4.42 Å². The summed E-state index contributed by atoms with van der Waals surface area (Å²) in [5, 5.41) is 1.10. The molecule has 1 heterocycles. The SMILES string of the molecule is Cc1cnc(-c2cc(P)ccc2CN)o1. The Hall–Kier alpha value is -1.18. The van der Waals surface area contributed by atoms with Gasteiger partial charge < -0.3 is 10.2 Å². The summed E-state index contributed by atoms with van der Waals surface area (Å²) in [6.45, 7) is 2.37. The van der Waals surface area contributed by atoms with Crippen LogP contribution in [0.25, 0.3) is 11.5 Å². The van der Waals surface area contributed by atoms with Gasteiger partial charge in [0.05, 0.1) is 6.20 Å². The van der Waals surface area contributed by atoms with Crippen molar-refractivity contribution in [3.63, 3.8) is 0 Å². The van der Waals surface area contributed by atoms with E-state index in [-0.39, 0.29) is 0 Å². The first-order chi connectivity index (χ1) is 7.20. The van der Waals surface area contributed by atoms with Crippen LogP contribution in [0.5, 0.6) is 0 Å². The Morgan fingerprint density at radius 3 is 2.87 bits per heavy atom. The topological polar surface area (TPSA) is 52.0 Å². The summed E-state index contributed by atoms with van der Waals surface area (Å²) in [6.07, 6.45) is 1.71. The molecular weight excluding hydrogens is 207 g/mol. The fourth-order valence-corrected chi connectivity index (χ4v) is 1.71. The Bertz CT molecular complexity index is 479. The minimum Gasteiger partial charge on any atom is -0.441 e. The largest absolute Gasteiger partial charge is 0.441 e. The summed E-state index contributed by atoms with van der Waals surface area (Å²) in [5.41, 5.74) is 7.68. The number of rotatable bonds is 2. The molecule has 78 valence electrons. The van der Waals surface area contributed by atoms with Gasteiger partial charge in [0.15, 0.2) is 0 Å². The maximum absolute atomic E-state index is 5.67. The van der Waals surface area contributed by atoms with Crippen LogP contribution in [0.15, 0.2) is 28.8 Å². The molecule has 2 aromatic rings. The van der Waals surface area contributed by atoms with E-state index in [2.05, 4.69) is 14.2 Å². The molecule has 0 radical (unpaired) electrons. The Morgan fingerprint density at radius 2 is 2.27 bits per heavy atom. The maximum Gasteiger partial charge on any atom is 0.226 e. The Morgan fingerprint density at radius 1 is 1.47 bits per heavy atom. The lowest BCUT2D eigenvalue weighted by molar-refractivity contribution is 0.542. The number of aromatic nitrogens is 1. The minimum absolute atomic E-state index is 0.488. The molecule has 3 nitrogen and oxygen atoms in total. The summed E-state index contributed by atoms with van der Waals surface area (Å²) in [5.74, 6) is 1.44. The van der Waals surface area contributed by atoms with Crippen molar-refractivity contribution in [3.05, 3.63) is 35.7 Å². The third-order valence-corrected chi connectivity index (χ3v) is 2.56. The summed E-state index contributed by atoms with van der Waals surface area (Å²) < 4.78 is 5.49. The molecule has 15 heavy (non-hydrogen) atoms. The smallest absolute Gasteiger partial charge is 0.226 e. The van der Waals surface area contributed by atoms with E-state index in [0.29, 0.717) is 12.4 Å². The molecule has 1 aromatic heterocycles. The first kappa shape index (κ1) is 10.3. The van der Waals surface area contributed by atoms with Gasteiger partial charge >= 0.3 is 0 Å². The number of benzene rings is 1. The summed E-state index contributed by atoms with van der Waals surface area (Å²) >= 11 is 0. The molecule has 2 N–H and O–H groups in total. The molecule has 0 spiro atoms. The standard InChI is InChI=1S/C11H13N2OP/c1-7-6-13-11(14-7)10-4-9(15)3-2-8(10)5-12/h2-4,6H,5,12,15H2,1H3. The van der Waals surface area contributed by atoms with Crippen LogP contribution in [0.4, 0.5) is 0 Å². The quantitative estimate of drug-likeness (QED) is 0.782. The van der Waals surface area contributed by atoms with Gasteiger partial charge in [0.2, 0.25) is 5.89 Å². The molecule has 1 unspecified atom stereocenters. The van der Waals surface area contributed by atoms with Crippen LogP contribution >= 0.6 is 9.24 Å². The van der Waals surface area contributed by atoms with Crippen molar-refractivity contribution in [2.45, 2.75) is 13.5 Å². The third-order valence-electron chi connectivity index (χ3n) is 2.21.